The summed E-state index contributed by atoms with van der Waals surface area (Å²) in [7, 11) is 1.95. The molecule has 2 aromatic rings. The van der Waals surface area contributed by atoms with Crippen LogP contribution < -0.4 is 10.1 Å². The molecule has 108 valence electrons. The minimum absolute atomic E-state index is 0.305. The van der Waals surface area contributed by atoms with Crippen LogP contribution in [0.5, 0.6) is 5.75 Å². The summed E-state index contributed by atoms with van der Waals surface area (Å²) in [5.74, 6) is 0.924. The van der Waals surface area contributed by atoms with Gasteiger partial charge in [0.1, 0.15) is 5.75 Å². The van der Waals surface area contributed by atoms with Crippen molar-refractivity contribution in [3.63, 3.8) is 0 Å². The normalized spacial score (nSPS) is 12.3. The Bertz CT molecular complexity index is 519. The molecule has 0 aliphatic rings. The zero-order valence-corrected chi connectivity index (χ0v) is 12.5. The first-order valence-corrected chi connectivity index (χ1v) is 7.16. The fourth-order valence-electron chi connectivity index (χ4n) is 2.33. The Morgan fingerprint density at radius 2 is 2.00 bits per heavy atom. The van der Waals surface area contributed by atoms with E-state index in [2.05, 4.69) is 35.7 Å². The molecular weight excluding hydrogens is 250 g/mol. The molecule has 0 radical (unpaired) electrons. The molecule has 0 saturated heterocycles. The predicted molar refractivity (Wildman–Crippen MR) is 80.9 cm³/mol. The Hall–Kier alpha value is -1.81. The Morgan fingerprint density at radius 3 is 2.55 bits per heavy atom. The number of hydrogen-bond acceptors (Lipinski definition) is 3. The van der Waals surface area contributed by atoms with Crippen molar-refractivity contribution >= 4 is 0 Å². The van der Waals surface area contributed by atoms with Crippen LogP contribution in [-0.2, 0) is 13.5 Å². The molecule has 1 N–H and O–H groups in total. The van der Waals surface area contributed by atoms with Crippen molar-refractivity contribution in [3.8, 4) is 5.75 Å². The van der Waals surface area contributed by atoms with Crippen molar-refractivity contribution < 1.29 is 4.74 Å². The molecule has 20 heavy (non-hydrogen) atoms. The molecule has 0 aliphatic carbocycles. The highest BCUT2D eigenvalue weighted by molar-refractivity contribution is 5.30. The summed E-state index contributed by atoms with van der Waals surface area (Å²) in [6.07, 6.45) is 4.94. The van der Waals surface area contributed by atoms with Gasteiger partial charge in [-0.2, -0.15) is 5.10 Å². The lowest BCUT2D eigenvalue weighted by Gasteiger charge is -2.18. The molecule has 1 aromatic heterocycles. The van der Waals surface area contributed by atoms with E-state index in [9.17, 15) is 0 Å². The Morgan fingerprint density at radius 1 is 1.25 bits per heavy atom. The number of ether oxygens (including phenoxy) is 1. The zero-order chi connectivity index (χ0) is 14.4. The largest absolute Gasteiger partial charge is 0.494 e. The maximum Gasteiger partial charge on any atom is 0.119 e. The van der Waals surface area contributed by atoms with Crippen LogP contribution in [0.3, 0.4) is 0 Å². The molecule has 1 unspecified atom stereocenters. The third kappa shape index (κ3) is 3.84. The number of rotatable bonds is 7. The van der Waals surface area contributed by atoms with Crippen molar-refractivity contribution in [2.24, 2.45) is 7.05 Å². The first-order chi connectivity index (χ1) is 9.72. The van der Waals surface area contributed by atoms with Gasteiger partial charge < -0.3 is 10.1 Å². The molecule has 0 saturated carbocycles. The second-order valence-corrected chi connectivity index (χ2v) is 4.84. The van der Waals surface area contributed by atoms with Gasteiger partial charge in [0, 0.05) is 19.3 Å². The summed E-state index contributed by atoms with van der Waals surface area (Å²) >= 11 is 0. The van der Waals surface area contributed by atoms with Gasteiger partial charge in [0.15, 0.2) is 0 Å². The van der Waals surface area contributed by atoms with E-state index in [1.165, 1.54) is 11.1 Å². The molecule has 1 aromatic carbocycles. The highest BCUT2D eigenvalue weighted by atomic mass is 16.5. The zero-order valence-electron chi connectivity index (χ0n) is 12.5. The van der Waals surface area contributed by atoms with Crippen molar-refractivity contribution in [2.75, 3.05) is 13.2 Å². The molecule has 0 fully saturated rings. The van der Waals surface area contributed by atoms with E-state index in [0.29, 0.717) is 12.6 Å². The molecule has 4 nitrogen and oxygen atoms in total. The fraction of sp³-hybridized carbons (Fsp3) is 0.438. The highest BCUT2D eigenvalue weighted by Gasteiger charge is 2.12. The average Bonchev–Trinajstić information content (AvgIpc) is 2.85. The van der Waals surface area contributed by atoms with E-state index in [4.69, 9.17) is 4.74 Å². The summed E-state index contributed by atoms with van der Waals surface area (Å²) in [6.45, 7) is 5.77. The van der Waals surface area contributed by atoms with E-state index >= 15 is 0 Å². The fourth-order valence-corrected chi connectivity index (χ4v) is 2.33. The molecule has 0 bridgehead atoms. The SMILES string of the molecule is CCNC(Cc1cnn(C)c1)c1ccc(OCC)cc1. The van der Waals surface area contributed by atoms with E-state index in [1.54, 1.807) is 0 Å². The number of benzene rings is 1. The van der Waals surface area contributed by atoms with Gasteiger partial charge in [-0.05, 0) is 43.1 Å². The summed E-state index contributed by atoms with van der Waals surface area (Å²) < 4.78 is 7.33. The van der Waals surface area contributed by atoms with E-state index in [0.717, 1.165) is 18.7 Å². The van der Waals surface area contributed by atoms with Gasteiger partial charge in [-0.25, -0.2) is 0 Å². The number of nitrogens with zero attached hydrogens (tertiary/aromatic N) is 2. The van der Waals surface area contributed by atoms with E-state index in [1.807, 2.05) is 37.0 Å². The standard InChI is InChI=1S/C16H23N3O/c1-4-17-16(10-13-11-18-19(3)12-13)14-6-8-15(9-7-14)20-5-2/h6-9,11-12,16-17H,4-5,10H2,1-3H3. The van der Waals surface area contributed by atoms with Crippen LogP contribution in [0.15, 0.2) is 36.7 Å². The van der Waals surface area contributed by atoms with E-state index in [-0.39, 0.29) is 0 Å². The van der Waals surface area contributed by atoms with Crippen molar-refractivity contribution in [1.29, 1.82) is 0 Å². The highest BCUT2D eigenvalue weighted by Crippen LogP contribution is 2.21. The van der Waals surface area contributed by atoms with E-state index < -0.39 is 0 Å². The van der Waals surface area contributed by atoms with Gasteiger partial charge in [-0.1, -0.05) is 19.1 Å². The molecule has 2 rings (SSSR count). The predicted octanol–water partition coefficient (Wildman–Crippen LogP) is 2.71. The van der Waals surface area contributed by atoms with Gasteiger partial charge in [0.2, 0.25) is 0 Å². The first-order valence-electron chi connectivity index (χ1n) is 7.16. The van der Waals surface area contributed by atoms with Crippen molar-refractivity contribution in [2.45, 2.75) is 26.3 Å². The van der Waals surface area contributed by atoms with Crippen LogP contribution in [0.25, 0.3) is 0 Å². The lowest BCUT2D eigenvalue weighted by Crippen LogP contribution is -2.22. The van der Waals surface area contributed by atoms with Gasteiger partial charge in [0.25, 0.3) is 0 Å². The summed E-state index contributed by atoms with van der Waals surface area (Å²) in [5.41, 5.74) is 2.52. The van der Waals surface area contributed by atoms with Gasteiger partial charge >= 0.3 is 0 Å². The van der Waals surface area contributed by atoms with Gasteiger partial charge in [-0.3, -0.25) is 4.68 Å². The van der Waals surface area contributed by atoms with Crippen LogP contribution in [0.1, 0.15) is 31.0 Å². The quantitative estimate of drug-likeness (QED) is 0.843. The minimum atomic E-state index is 0.305. The van der Waals surface area contributed by atoms with Crippen LogP contribution in [-0.4, -0.2) is 22.9 Å². The molecule has 0 amide bonds. The van der Waals surface area contributed by atoms with Gasteiger partial charge in [0.05, 0.1) is 12.8 Å². The lowest BCUT2D eigenvalue weighted by molar-refractivity contribution is 0.340. The Kier molecular flexibility index (Phi) is 5.18. The number of nitrogens with one attached hydrogen (secondary N) is 1. The van der Waals surface area contributed by atoms with Crippen LogP contribution in [0.4, 0.5) is 0 Å². The smallest absolute Gasteiger partial charge is 0.119 e. The number of aromatic nitrogens is 2. The lowest BCUT2D eigenvalue weighted by atomic mass is 10.0. The monoisotopic (exact) mass is 273 g/mol. The topological polar surface area (TPSA) is 39.1 Å². The van der Waals surface area contributed by atoms with Crippen LogP contribution in [0, 0.1) is 0 Å². The maximum atomic E-state index is 5.49. The average molecular weight is 273 g/mol. The third-order valence-electron chi connectivity index (χ3n) is 3.24. The molecule has 1 heterocycles. The van der Waals surface area contributed by atoms with Gasteiger partial charge in [-0.15, -0.1) is 0 Å². The first kappa shape index (κ1) is 14.6. The summed E-state index contributed by atoms with van der Waals surface area (Å²) in [6, 6.07) is 8.64. The number of aryl methyl sites for hydroxylation is 1. The molecule has 4 heteroatoms. The van der Waals surface area contributed by atoms with Crippen LogP contribution >= 0.6 is 0 Å². The molecule has 0 spiro atoms. The second-order valence-electron chi connectivity index (χ2n) is 4.84. The summed E-state index contributed by atoms with van der Waals surface area (Å²) in [4.78, 5) is 0. The Balaban J connectivity index is 2.10. The molecular formula is C16H23N3O. The Labute approximate surface area is 120 Å². The maximum absolute atomic E-state index is 5.49. The second kappa shape index (κ2) is 7.10. The molecule has 1 atom stereocenters. The molecule has 0 aliphatic heterocycles. The number of hydrogen-bond donors (Lipinski definition) is 1. The third-order valence-corrected chi connectivity index (χ3v) is 3.24. The van der Waals surface area contributed by atoms with Crippen molar-refractivity contribution in [1.82, 2.24) is 15.1 Å². The number of likely N-dealkylation sites (N-methyl/N-ethyl adjacent to an activating group) is 1. The van der Waals surface area contributed by atoms with Crippen LogP contribution in [0.2, 0.25) is 0 Å². The summed E-state index contributed by atoms with van der Waals surface area (Å²) in [5, 5.41) is 7.76. The minimum Gasteiger partial charge on any atom is -0.494 e. The van der Waals surface area contributed by atoms with Crippen molar-refractivity contribution in [3.05, 3.63) is 47.8 Å².